The number of amides is 2. The molecular weight excluding hydrogens is 404 g/mol. The summed E-state index contributed by atoms with van der Waals surface area (Å²) in [7, 11) is 1.33. The van der Waals surface area contributed by atoms with Gasteiger partial charge < -0.3 is 50.0 Å². The summed E-state index contributed by atoms with van der Waals surface area (Å²) >= 11 is 0. The summed E-state index contributed by atoms with van der Waals surface area (Å²) in [6.45, 7) is 3.17. The zero-order valence-electron chi connectivity index (χ0n) is 17.4. The number of methoxy groups -OCH3 is 1. The number of carbonyl (C=O) groups excluding carboxylic acids is 2. The van der Waals surface area contributed by atoms with Crippen molar-refractivity contribution in [1.29, 1.82) is 0 Å². The minimum absolute atomic E-state index is 0.389. The van der Waals surface area contributed by atoms with E-state index in [2.05, 4.69) is 10.6 Å². The van der Waals surface area contributed by atoms with E-state index in [0.29, 0.717) is 0 Å². The first-order chi connectivity index (χ1) is 14.1. The Morgan fingerprint density at radius 3 is 1.90 bits per heavy atom. The van der Waals surface area contributed by atoms with Gasteiger partial charge in [-0.05, 0) is 6.92 Å². The normalized spacial score (nSPS) is 41.9. The van der Waals surface area contributed by atoms with Gasteiger partial charge in [0.1, 0.15) is 42.7 Å². The SMILES string of the molecule is COC1C(CO)OC(OC2C(CO)OC(C)C(NC(C)=O)C2O)C(NC(C)=O)C1O. The molecule has 0 aliphatic carbocycles. The van der Waals surface area contributed by atoms with Crippen molar-refractivity contribution < 1.29 is 49.0 Å². The number of nitrogens with one attached hydrogen (secondary N) is 2. The van der Waals surface area contributed by atoms with E-state index in [1.807, 2.05) is 0 Å². The summed E-state index contributed by atoms with van der Waals surface area (Å²) in [6.07, 6.45) is -8.57. The van der Waals surface area contributed by atoms with Crippen molar-refractivity contribution in [2.24, 2.45) is 0 Å². The zero-order chi connectivity index (χ0) is 22.6. The lowest BCUT2D eigenvalue weighted by atomic mass is 9.92. The van der Waals surface area contributed by atoms with Crippen LogP contribution < -0.4 is 10.6 Å². The molecule has 2 saturated heterocycles. The Morgan fingerprint density at radius 1 is 0.900 bits per heavy atom. The Kier molecular flexibility index (Phi) is 8.94. The van der Waals surface area contributed by atoms with E-state index >= 15 is 0 Å². The Bertz CT molecular complexity index is 593. The fourth-order valence-electron chi connectivity index (χ4n) is 3.91. The van der Waals surface area contributed by atoms with Crippen molar-refractivity contribution in [2.75, 3.05) is 20.3 Å². The van der Waals surface area contributed by atoms with Gasteiger partial charge in [0.2, 0.25) is 11.8 Å². The number of hydrogen-bond acceptors (Lipinski definition) is 10. The van der Waals surface area contributed by atoms with Gasteiger partial charge in [-0.2, -0.15) is 0 Å². The van der Waals surface area contributed by atoms with Gasteiger partial charge in [0, 0.05) is 21.0 Å². The quantitative estimate of drug-likeness (QED) is 0.236. The van der Waals surface area contributed by atoms with Crippen LogP contribution in [-0.2, 0) is 28.5 Å². The van der Waals surface area contributed by atoms with Crippen molar-refractivity contribution in [3.8, 4) is 0 Å². The topological polar surface area (TPSA) is 176 Å². The van der Waals surface area contributed by atoms with Crippen LogP contribution in [0.4, 0.5) is 0 Å². The van der Waals surface area contributed by atoms with Gasteiger partial charge in [-0.3, -0.25) is 9.59 Å². The molecule has 0 spiro atoms. The summed E-state index contributed by atoms with van der Waals surface area (Å²) in [6, 6.07) is -1.93. The van der Waals surface area contributed by atoms with Crippen LogP contribution in [0.15, 0.2) is 0 Å². The number of carbonyl (C=O) groups is 2. The van der Waals surface area contributed by atoms with Gasteiger partial charge in [-0.25, -0.2) is 0 Å². The highest BCUT2D eigenvalue weighted by atomic mass is 16.7. The number of aliphatic hydroxyl groups is 4. The maximum Gasteiger partial charge on any atom is 0.217 e. The summed E-state index contributed by atoms with van der Waals surface area (Å²) in [4.78, 5) is 23.2. The number of aliphatic hydroxyl groups excluding tert-OH is 4. The van der Waals surface area contributed by atoms with Crippen LogP contribution in [0.25, 0.3) is 0 Å². The molecule has 2 fully saturated rings. The summed E-state index contributed by atoms with van der Waals surface area (Å²) < 4.78 is 22.4. The van der Waals surface area contributed by atoms with Crippen LogP contribution in [0.2, 0.25) is 0 Å². The Balaban J connectivity index is 2.28. The highest BCUT2D eigenvalue weighted by molar-refractivity contribution is 5.73. The molecule has 10 atom stereocenters. The number of rotatable bonds is 7. The first-order valence-electron chi connectivity index (χ1n) is 9.75. The molecule has 2 heterocycles. The smallest absolute Gasteiger partial charge is 0.217 e. The van der Waals surface area contributed by atoms with Crippen molar-refractivity contribution in [2.45, 2.75) is 81.9 Å². The average molecular weight is 436 g/mol. The monoisotopic (exact) mass is 436 g/mol. The van der Waals surface area contributed by atoms with E-state index in [1.165, 1.54) is 21.0 Å². The third-order valence-corrected chi connectivity index (χ3v) is 5.30. The molecule has 0 aromatic heterocycles. The third kappa shape index (κ3) is 5.45. The highest BCUT2D eigenvalue weighted by Crippen LogP contribution is 2.30. The van der Waals surface area contributed by atoms with Crippen LogP contribution in [0.5, 0.6) is 0 Å². The molecule has 6 N–H and O–H groups in total. The Morgan fingerprint density at radius 2 is 1.40 bits per heavy atom. The molecule has 2 aliphatic rings. The molecule has 30 heavy (non-hydrogen) atoms. The predicted molar refractivity (Wildman–Crippen MR) is 100 cm³/mol. The van der Waals surface area contributed by atoms with Gasteiger partial charge in [-0.1, -0.05) is 0 Å². The first-order valence-corrected chi connectivity index (χ1v) is 9.75. The molecule has 0 radical (unpaired) electrons. The molecule has 2 rings (SSSR count). The fraction of sp³-hybridized carbons (Fsp3) is 0.889. The molecule has 2 aliphatic heterocycles. The van der Waals surface area contributed by atoms with E-state index in [4.69, 9.17) is 18.9 Å². The van der Waals surface area contributed by atoms with Crippen molar-refractivity contribution in [3.05, 3.63) is 0 Å². The highest BCUT2D eigenvalue weighted by Gasteiger charge is 2.51. The van der Waals surface area contributed by atoms with Crippen LogP contribution in [0, 0.1) is 0 Å². The second-order valence-corrected chi connectivity index (χ2v) is 7.52. The molecule has 0 aromatic carbocycles. The van der Waals surface area contributed by atoms with Crippen molar-refractivity contribution in [1.82, 2.24) is 10.6 Å². The number of hydrogen-bond donors (Lipinski definition) is 6. The van der Waals surface area contributed by atoms with Crippen LogP contribution in [0.1, 0.15) is 20.8 Å². The standard InChI is InChI=1S/C18H32N2O10/c1-7-12(19-8(2)23)14(25)17(11(6-22)28-7)30-18-13(20-9(3)24)15(26)16(27-4)10(5-21)29-18/h7,10-18,21-22,25-26H,5-6H2,1-4H3,(H,19,23)(H,20,24). The minimum atomic E-state index is -1.31. The molecule has 174 valence electrons. The van der Waals surface area contributed by atoms with Gasteiger partial charge in [0.15, 0.2) is 6.29 Å². The molecule has 0 aromatic rings. The third-order valence-electron chi connectivity index (χ3n) is 5.30. The minimum Gasteiger partial charge on any atom is -0.394 e. The van der Waals surface area contributed by atoms with Gasteiger partial charge in [0.05, 0.1) is 25.4 Å². The Labute approximate surface area is 174 Å². The Hall–Kier alpha value is -1.38. The van der Waals surface area contributed by atoms with Crippen LogP contribution >= 0.6 is 0 Å². The molecule has 12 heteroatoms. The van der Waals surface area contributed by atoms with Crippen LogP contribution in [0.3, 0.4) is 0 Å². The largest absolute Gasteiger partial charge is 0.394 e. The molecule has 0 bridgehead atoms. The molecule has 10 unspecified atom stereocenters. The molecular formula is C18H32N2O10. The van der Waals surface area contributed by atoms with Crippen molar-refractivity contribution in [3.63, 3.8) is 0 Å². The molecule has 0 saturated carbocycles. The van der Waals surface area contributed by atoms with Gasteiger partial charge in [-0.15, -0.1) is 0 Å². The van der Waals surface area contributed by atoms with E-state index in [1.54, 1.807) is 6.92 Å². The maximum absolute atomic E-state index is 11.7. The van der Waals surface area contributed by atoms with E-state index in [9.17, 15) is 30.0 Å². The van der Waals surface area contributed by atoms with Crippen molar-refractivity contribution >= 4 is 11.8 Å². The molecule has 2 amide bonds. The second-order valence-electron chi connectivity index (χ2n) is 7.52. The summed E-state index contributed by atoms with van der Waals surface area (Å²) in [5.41, 5.74) is 0. The van der Waals surface area contributed by atoms with E-state index in [-0.39, 0.29) is 5.91 Å². The molecule has 12 nitrogen and oxygen atoms in total. The summed E-state index contributed by atoms with van der Waals surface area (Å²) in [5.74, 6) is -0.864. The van der Waals surface area contributed by atoms with Gasteiger partial charge >= 0.3 is 0 Å². The predicted octanol–water partition coefficient (Wildman–Crippen LogP) is -3.39. The summed E-state index contributed by atoms with van der Waals surface area (Å²) in [5, 5.41) is 45.9. The van der Waals surface area contributed by atoms with Gasteiger partial charge in [0.25, 0.3) is 0 Å². The fourth-order valence-corrected chi connectivity index (χ4v) is 3.91. The average Bonchev–Trinajstić information content (AvgIpc) is 2.68. The second kappa shape index (κ2) is 10.8. The lowest BCUT2D eigenvalue weighted by Gasteiger charge is -2.48. The lowest BCUT2D eigenvalue weighted by Crippen LogP contribution is -2.69. The first kappa shape index (κ1) is 24.9. The lowest BCUT2D eigenvalue weighted by molar-refractivity contribution is -0.315. The zero-order valence-corrected chi connectivity index (χ0v) is 17.4. The maximum atomic E-state index is 11.7. The van der Waals surface area contributed by atoms with Crippen LogP contribution in [-0.4, -0.2) is 114 Å². The number of ether oxygens (including phenoxy) is 4. The van der Waals surface area contributed by atoms with E-state index < -0.39 is 80.2 Å². The van der Waals surface area contributed by atoms with E-state index in [0.717, 1.165) is 0 Å².